The van der Waals surface area contributed by atoms with Crippen LogP contribution < -0.4 is 11.1 Å². The number of fused-ring (bicyclic) bond motifs is 1. The zero-order valence-electron chi connectivity index (χ0n) is 8.78. The van der Waals surface area contributed by atoms with Gasteiger partial charge in [0.25, 0.3) is 0 Å². The van der Waals surface area contributed by atoms with Gasteiger partial charge in [-0.2, -0.15) is 5.10 Å². The van der Waals surface area contributed by atoms with Crippen LogP contribution in [0.3, 0.4) is 0 Å². The second kappa shape index (κ2) is 4.09. The maximum absolute atomic E-state index is 11.3. The summed E-state index contributed by atoms with van der Waals surface area (Å²) in [5.74, 6) is 0. The zero-order valence-corrected chi connectivity index (χ0v) is 8.78. The van der Waals surface area contributed by atoms with Gasteiger partial charge in [0.1, 0.15) is 0 Å². The Bertz CT molecular complexity index is 521. The van der Waals surface area contributed by atoms with E-state index in [4.69, 9.17) is 10.5 Å². The molecule has 1 amide bonds. The van der Waals surface area contributed by atoms with Gasteiger partial charge in [0.2, 0.25) is 0 Å². The van der Waals surface area contributed by atoms with Crippen molar-refractivity contribution in [1.29, 1.82) is 0 Å². The van der Waals surface area contributed by atoms with Crippen LogP contribution in [-0.4, -0.2) is 22.9 Å². The first-order chi connectivity index (χ1) is 7.70. The minimum Gasteiger partial charge on any atom is -0.450 e. The Morgan fingerprint density at radius 3 is 3.19 bits per heavy atom. The molecule has 0 aliphatic heterocycles. The number of nitrogens with zero attached hydrogens (tertiary/aromatic N) is 1. The molecule has 0 atom stereocenters. The number of hydrogen-bond acceptors (Lipinski definition) is 4. The van der Waals surface area contributed by atoms with Gasteiger partial charge >= 0.3 is 6.09 Å². The van der Waals surface area contributed by atoms with Gasteiger partial charge in [-0.15, -0.1) is 0 Å². The number of carbonyl (C=O) groups is 1. The van der Waals surface area contributed by atoms with E-state index < -0.39 is 6.09 Å². The van der Waals surface area contributed by atoms with Crippen molar-refractivity contribution < 1.29 is 9.53 Å². The molecule has 0 aliphatic rings. The lowest BCUT2D eigenvalue weighted by atomic mass is 10.2. The summed E-state index contributed by atoms with van der Waals surface area (Å²) in [7, 11) is 0. The number of rotatable bonds is 2. The number of nitrogens with one attached hydrogen (secondary N) is 2. The third kappa shape index (κ3) is 1.90. The van der Waals surface area contributed by atoms with Crippen molar-refractivity contribution in [1.82, 2.24) is 10.2 Å². The molecule has 16 heavy (non-hydrogen) atoms. The summed E-state index contributed by atoms with van der Waals surface area (Å²) < 4.78 is 4.79. The van der Waals surface area contributed by atoms with Crippen LogP contribution in [0, 0.1) is 0 Å². The number of nitrogen functional groups attached to an aromatic ring is 1. The highest BCUT2D eigenvalue weighted by Crippen LogP contribution is 2.25. The first-order valence-corrected chi connectivity index (χ1v) is 4.87. The normalized spacial score (nSPS) is 10.3. The van der Waals surface area contributed by atoms with Crippen molar-refractivity contribution in [2.75, 3.05) is 17.7 Å². The van der Waals surface area contributed by atoms with Crippen LogP contribution >= 0.6 is 0 Å². The highest BCUT2D eigenvalue weighted by molar-refractivity contribution is 6.00. The fourth-order valence-corrected chi connectivity index (χ4v) is 1.45. The number of nitrogens with two attached hydrogens (primary N) is 1. The third-order valence-corrected chi connectivity index (χ3v) is 2.09. The van der Waals surface area contributed by atoms with E-state index in [2.05, 4.69) is 15.5 Å². The van der Waals surface area contributed by atoms with E-state index in [1.807, 2.05) is 0 Å². The van der Waals surface area contributed by atoms with Crippen LogP contribution in [-0.2, 0) is 4.74 Å². The third-order valence-electron chi connectivity index (χ3n) is 2.09. The van der Waals surface area contributed by atoms with E-state index in [-0.39, 0.29) is 0 Å². The molecule has 0 saturated carbocycles. The van der Waals surface area contributed by atoms with Gasteiger partial charge in [0, 0.05) is 11.1 Å². The average molecular weight is 220 g/mol. The molecule has 0 radical (unpaired) electrons. The summed E-state index contributed by atoms with van der Waals surface area (Å²) in [6.45, 7) is 2.06. The Hall–Kier alpha value is -2.24. The van der Waals surface area contributed by atoms with E-state index >= 15 is 0 Å². The number of anilines is 2. The van der Waals surface area contributed by atoms with Crippen molar-refractivity contribution in [2.45, 2.75) is 6.92 Å². The van der Waals surface area contributed by atoms with Crippen molar-refractivity contribution in [2.24, 2.45) is 0 Å². The highest BCUT2D eigenvalue weighted by atomic mass is 16.5. The molecule has 4 N–H and O–H groups in total. The van der Waals surface area contributed by atoms with Crippen molar-refractivity contribution in [3.63, 3.8) is 0 Å². The molecule has 2 aromatic rings. The number of H-pyrrole nitrogens is 1. The first kappa shape index (κ1) is 10.3. The van der Waals surface area contributed by atoms with Gasteiger partial charge in [-0.1, -0.05) is 0 Å². The van der Waals surface area contributed by atoms with Gasteiger partial charge in [0.05, 0.1) is 24.0 Å². The Kier molecular flexibility index (Phi) is 2.63. The Morgan fingerprint density at radius 1 is 1.62 bits per heavy atom. The molecule has 6 heteroatoms. The summed E-state index contributed by atoms with van der Waals surface area (Å²) in [5.41, 5.74) is 7.59. The van der Waals surface area contributed by atoms with Gasteiger partial charge in [0.15, 0.2) is 0 Å². The van der Waals surface area contributed by atoms with Crippen LogP contribution in [0.25, 0.3) is 10.9 Å². The summed E-state index contributed by atoms with van der Waals surface area (Å²) in [5, 5.41) is 10.1. The Labute approximate surface area is 91.8 Å². The second-order valence-corrected chi connectivity index (χ2v) is 3.25. The number of carbonyl (C=O) groups excluding carboxylic acids is 1. The fourth-order valence-electron chi connectivity index (χ4n) is 1.45. The van der Waals surface area contributed by atoms with Crippen LogP contribution in [0.1, 0.15) is 6.92 Å². The molecule has 1 aromatic heterocycles. The van der Waals surface area contributed by atoms with Crippen molar-refractivity contribution in [3.8, 4) is 0 Å². The lowest BCUT2D eigenvalue weighted by Crippen LogP contribution is -2.13. The Balaban J connectivity index is 2.35. The molecule has 0 spiro atoms. The molecule has 0 bridgehead atoms. The molecule has 0 unspecified atom stereocenters. The summed E-state index contributed by atoms with van der Waals surface area (Å²) >= 11 is 0. The number of hydrogen-bond donors (Lipinski definition) is 3. The number of ether oxygens (including phenoxy) is 1. The summed E-state index contributed by atoms with van der Waals surface area (Å²) in [4.78, 5) is 11.3. The predicted octanol–water partition coefficient (Wildman–Crippen LogP) is 1.71. The maximum atomic E-state index is 11.3. The van der Waals surface area contributed by atoms with E-state index in [9.17, 15) is 4.79 Å². The molecular formula is C10H12N4O2. The SMILES string of the molecule is CCOC(=O)Nc1cc(N)cc2[nH]ncc12. The number of aromatic amines is 1. The summed E-state index contributed by atoms with van der Waals surface area (Å²) in [6, 6.07) is 3.41. The first-order valence-electron chi connectivity index (χ1n) is 4.87. The summed E-state index contributed by atoms with van der Waals surface area (Å²) in [6.07, 6.45) is 1.12. The van der Waals surface area contributed by atoms with Crippen LogP contribution in [0.5, 0.6) is 0 Å². The van der Waals surface area contributed by atoms with Gasteiger partial charge in [-0.05, 0) is 19.1 Å². The predicted molar refractivity (Wildman–Crippen MR) is 61.2 cm³/mol. The molecule has 0 aliphatic carbocycles. The molecule has 1 heterocycles. The quantitative estimate of drug-likeness (QED) is 0.671. The molecule has 0 saturated heterocycles. The number of aromatic nitrogens is 2. The molecule has 84 valence electrons. The number of amides is 1. The highest BCUT2D eigenvalue weighted by Gasteiger charge is 2.08. The fraction of sp³-hybridized carbons (Fsp3) is 0.200. The Morgan fingerprint density at radius 2 is 2.44 bits per heavy atom. The maximum Gasteiger partial charge on any atom is 0.411 e. The van der Waals surface area contributed by atoms with Gasteiger partial charge < -0.3 is 10.5 Å². The van der Waals surface area contributed by atoms with E-state index in [0.717, 1.165) is 10.9 Å². The smallest absolute Gasteiger partial charge is 0.411 e. The van der Waals surface area contributed by atoms with E-state index in [1.54, 1.807) is 25.3 Å². The molecule has 0 fully saturated rings. The topological polar surface area (TPSA) is 93.0 Å². The molecular weight excluding hydrogens is 208 g/mol. The van der Waals surface area contributed by atoms with Gasteiger partial charge in [-0.3, -0.25) is 10.4 Å². The van der Waals surface area contributed by atoms with E-state index in [0.29, 0.717) is 18.0 Å². The van der Waals surface area contributed by atoms with E-state index in [1.165, 1.54) is 0 Å². The average Bonchev–Trinajstić information content (AvgIpc) is 2.65. The minimum absolute atomic E-state index is 0.322. The minimum atomic E-state index is -0.504. The van der Waals surface area contributed by atoms with Crippen molar-refractivity contribution in [3.05, 3.63) is 18.3 Å². The second-order valence-electron chi connectivity index (χ2n) is 3.25. The van der Waals surface area contributed by atoms with Crippen LogP contribution in [0.15, 0.2) is 18.3 Å². The standard InChI is InChI=1S/C10H12N4O2/c1-2-16-10(15)13-8-3-6(11)4-9-7(8)5-12-14-9/h3-5H,2,11H2,1H3,(H,12,14)(H,13,15). The lowest BCUT2D eigenvalue weighted by Gasteiger charge is -2.07. The largest absolute Gasteiger partial charge is 0.450 e. The molecule has 1 aromatic carbocycles. The van der Waals surface area contributed by atoms with Crippen molar-refractivity contribution >= 4 is 28.4 Å². The van der Waals surface area contributed by atoms with Crippen LogP contribution in [0.2, 0.25) is 0 Å². The lowest BCUT2D eigenvalue weighted by molar-refractivity contribution is 0.168. The van der Waals surface area contributed by atoms with Gasteiger partial charge in [-0.25, -0.2) is 4.79 Å². The monoisotopic (exact) mass is 220 g/mol. The van der Waals surface area contributed by atoms with Crippen LogP contribution in [0.4, 0.5) is 16.2 Å². The zero-order chi connectivity index (χ0) is 11.5. The number of benzene rings is 1. The molecule has 6 nitrogen and oxygen atoms in total. The molecule has 2 rings (SSSR count).